The van der Waals surface area contributed by atoms with Crippen molar-refractivity contribution >= 4 is 5.91 Å². The maximum Gasteiger partial charge on any atom is 0.237 e. The molecular formula is C13H26N2O. The second-order valence-corrected chi connectivity index (χ2v) is 6.76. The molecule has 0 aromatic carbocycles. The third kappa shape index (κ3) is 3.48. The van der Waals surface area contributed by atoms with Gasteiger partial charge in [-0.3, -0.25) is 9.69 Å². The van der Waals surface area contributed by atoms with Crippen molar-refractivity contribution in [3.05, 3.63) is 0 Å². The largest absolute Gasteiger partial charge is 0.350 e. The molecular weight excluding hydrogens is 200 g/mol. The predicted molar refractivity (Wildman–Crippen MR) is 67.4 cm³/mol. The van der Waals surface area contributed by atoms with Crippen LogP contribution in [-0.4, -0.2) is 34.5 Å². The van der Waals surface area contributed by atoms with Crippen LogP contribution < -0.4 is 5.32 Å². The van der Waals surface area contributed by atoms with Gasteiger partial charge in [-0.1, -0.05) is 0 Å². The molecule has 94 valence electrons. The lowest BCUT2D eigenvalue weighted by atomic mass is 10.0. The van der Waals surface area contributed by atoms with Crippen LogP contribution in [-0.2, 0) is 4.79 Å². The molecule has 1 aliphatic rings. The average molecular weight is 226 g/mol. The van der Waals surface area contributed by atoms with Crippen molar-refractivity contribution in [2.75, 3.05) is 6.54 Å². The smallest absolute Gasteiger partial charge is 0.237 e. The molecule has 0 unspecified atom stereocenters. The highest BCUT2D eigenvalue weighted by atomic mass is 16.2. The minimum Gasteiger partial charge on any atom is -0.350 e. The van der Waals surface area contributed by atoms with E-state index in [0.717, 1.165) is 19.4 Å². The quantitative estimate of drug-likeness (QED) is 0.743. The number of nitrogens with zero attached hydrogens (tertiary/aromatic N) is 1. The maximum atomic E-state index is 12.2. The Balaban J connectivity index is 2.69. The SMILES string of the molecule is CC(C)(C)NC(=O)[C@@H]1CCCN1C(C)(C)C. The van der Waals surface area contributed by atoms with Crippen molar-refractivity contribution in [2.24, 2.45) is 0 Å². The van der Waals surface area contributed by atoms with Crippen LogP contribution in [0.15, 0.2) is 0 Å². The van der Waals surface area contributed by atoms with Gasteiger partial charge < -0.3 is 5.32 Å². The van der Waals surface area contributed by atoms with Gasteiger partial charge in [-0.2, -0.15) is 0 Å². The van der Waals surface area contributed by atoms with Gasteiger partial charge in [-0.05, 0) is 60.9 Å². The van der Waals surface area contributed by atoms with Crippen LogP contribution >= 0.6 is 0 Å². The Bertz CT molecular complexity index is 260. The van der Waals surface area contributed by atoms with E-state index in [9.17, 15) is 4.79 Å². The van der Waals surface area contributed by atoms with Gasteiger partial charge in [-0.15, -0.1) is 0 Å². The predicted octanol–water partition coefficient (Wildman–Crippen LogP) is 2.16. The molecule has 0 aromatic rings. The molecule has 0 aromatic heterocycles. The second-order valence-electron chi connectivity index (χ2n) is 6.76. The monoisotopic (exact) mass is 226 g/mol. The number of carbonyl (C=O) groups excluding carboxylic acids is 1. The Labute approximate surface area is 99.6 Å². The van der Waals surface area contributed by atoms with Crippen molar-refractivity contribution in [3.63, 3.8) is 0 Å². The number of hydrogen-bond donors (Lipinski definition) is 1. The molecule has 1 N–H and O–H groups in total. The van der Waals surface area contributed by atoms with Gasteiger partial charge in [0, 0.05) is 11.1 Å². The van der Waals surface area contributed by atoms with Gasteiger partial charge in [-0.25, -0.2) is 0 Å². The summed E-state index contributed by atoms with van der Waals surface area (Å²) in [5.41, 5.74) is -0.0559. The number of hydrogen-bond acceptors (Lipinski definition) is 2. The van der Waals surface area contributed by atoms with Crippen molar-refractivity contribution in [2.45, 2.75) is 71.5 Å². The minimum atomic E-state index is -0.136. The summed E-state index contributed by atoms with van der Waals surface area (Å²) in [7, 11) is 0. The van der Waals surface area contributed by atoms with E-state index in [-0.39, 0.29) is 23.0 Å². The molecule has 1 atom stereocenters. The summed E-state index contributed by atoms with van der Waals surface area (Å²) in [6, 6.07) is 0.0548. The molecule has 0 radical (unpaired) electrons. The molecule has 1 heterocycles. The zero-order valence-corrected chi connectivity index (χ0v) is 11.6. The molecule has 0 spiro atoms. The van der Waals surface area contributed by atoms with E-state index in [4.69, 9.17) is 0 Å². The fourth-order valence-corrected chi connectivity index (χ4v) is 2.30. The first-order chi connectivity index (χ1) is 7.11. The summed E-state index contributed by atoms with van der Waals surface area (Å²) in [6.07, 6.45) is 2.11. The number of rotatable bonds is 1. The third-order valence-corrected chi connectivity index (χ3v) is 2.92. The number of nitrogens with one attached hydrogen (secondary N) is 1. The Morgan fingerprint density at radius 1 is 1.19 bits per heavy atom. The molecule has 1 amide bonds. The summed E-state index contributed by atoms with van der Waals surface area (Å²) >= 11 is 0. The van der Waals surface area contributed by atoms with E-state index < -0.39 is 0 Å². The summed E-state index contributed by atoms with van der Waals surface area (Å²) in [5, 5.41) is 3.08. The van der Waals surface area contributed by atoms with Crippen LogP contribution in [0.25, 0.3) is 0 Å². The van der Waals surface area contributed by atoms with Crippen molar-refractivity contribution in [3.8, 4) is 0 Å². The third-order valence-electron chi connectivity index (χ3n) is 2.92. The first-order valence-corrected chi connectivity index (χ1v) is 6.20. The van der Waals surface area contributed by atoms with Gasteiger partial charge in [0.15, 0.2) is 0 Å². The van der Waals surface area contributed by atoms with E-state index >= 15 is 0 Å². The lowest BCUT2D eigenvalue weighted by Gasteiger charge is -2.37. The molecule has 0 saturated carbocycles. The highest BCUT2D eigenvalue weighted by molar-refractivity contribution is 5.82. The van der Waals surface area contributed by atoms with Gasteiger partial charge in [0.2, 0.25) is 5.91 Å². The molecule has 16 heavy (non-hydrogen) atoms. The molecule has 3 heteroatoms. The van der Waals surface area contributed by atoms with E-state index in [2.05, 4.69) is 31.0 Å². The van der Waals surface area contributed by atoms with E-state index in [0.29, 0.717) is 0 Å². The summed E-state index contributed by atoms with van der Waals surface area (Å²) in [5.74, 6) is 0.180. The maximum absolute atomic E-state index is 12.2. The number of amides is 1. The van der Waals surface area contributed by atoms with Crippen LogP contribution in [0.2, 0.25) is 0 Å². The molecule has 1 aliphatic heterocycles. The zero-order chi connectivity index (χ0) is 12.6. The van der Waals surface area contributed by atoms with Crippen molar-refractivity contribution in [1.29, 1.82) is 0 Å². The highest BCUT2D eigenvalue weighted by Gasteiger charge is 2.37. The van der Waals surface area contributed by atoms with Crippen LogP contribution in [0.1, 0.15) is 54.4 Å². The highest BCUT2D eigenvalue weighted by Crippen LogP contribution is 2.26. The normalized spacial score (nSPS) is 23.5. The van der Waals surface area contributed by atoms with Crippen LogP contribution in [0.4, 0.5) is 0 Å². The van der Waals surface area contributed by atoms with E-state index in [1.807, 2.05) is 20.8 Å². The van der Waals surface area contributed by atoms with Crippen LogP contribution in [0, 0.1) is 0 Å². The molecule has 1 rings (SSSR count). The van der Waals surface area contributed by atoms with Gasteiger partial charge in [0.25, 0.3) is 0 Å². The molecule has 0 bridgehead atoms. The van der Waals surface area contributed by atoms with E-state index in [1.54, 1.807) is 0 Å². The fourth-order valence-electron chi connectivity index (χ4n) is 2.30. The molecule has 1 saturated heterocycles. The topological polar surface area (TPSA) is 32.3 Å². The Kier molecular flexibility index (Phi) is 3.68. The summed E-state index contributed by atoms with van der Waals surface area (Å²) < 4.78 is 0. The van der Waals surface area contributed by atoms with Crippen molar-refractivity contribution < 1.29 is 4.79 Å². The molecule has 0 aliphatic carbocycles. The Morgan fingerprint density at radius 2 is 1.75 bits per heavy atom. The number of carbonyl (C=O) groups is 1. The van der Waals surface area contributed by atoms with Crippen LogP contribution in [0.5, 0.6) is 0 Å². The van der Waals surface area contributed by atoms with Crippen molar-refractivity contribution in [1.82, 2.24) is 10.2 Å². The Morgan fingerprint density at radius 3 is 2.19 bits per heavy atom. The first-order valence-electron chi connectivity index (χ1n) is 6.20. The summed E-state index contributed by atoms with van der Waals surface area (Å²) in [6.45, 7) is 13.6. The van der Waals surface area contributed by atoms with Gasteiger partial charge in [0.05, 0.1) is 6.04 Å². The average Bonchev–Trinajstić information content (AvgIpc) is 2.45. The second kappa shape index (κ2) is 4.36. The lowest BCUT2D eigenvalue weighted by molar-refractivity contribution is -0.128. The Hall–Kier alpha value is -0.570. The molecule has 3 nitrogen and oxygen atoms in total. The number of likely N-dealkylation sites (tertiary alicyclic amines) is 1. The molecule has 1 fully saturated rings. The van der Waals surface area contributed by atoms with Gasteiger partial charge >= 0.3 is 0 Å². The van der Waals surface area contributed by atoms with E-state index in [1.165, 1.54) is 0 Å². The van der Waals surface area contributed by atoms with Crippen LogP contribution in [0.3, 0.4) is 0 Å². The summed E-state index contributed by atoms with van der Waals surface area (Å²) in [4.78, 5) is 14.5. The van der Waals surface area contributed by atoms with Gasteiger partial charge in [0.1, 0.15) is 0 Å². The fraction of sp³-hybridized carbons (Fsp3) is 0.923. The standard InChI is InChI=1S/C13H26N2O/c1-12(2,3)14-11(16)10-8-7-9-15(10)13(4,5)6/h10H,7-9H2,1-6H3,(H,14,16)/t10-/m0/s1. The first kappa shape index (κ1) is 13.5. The zero-order valence-electron chi connectivity index (χ0n) is 11.6. The lowest BCUT2D eigenvalue weighted by Crippen LogP contribution is -2.54. The minimum absolute atomic E-state index is 0.0548.